The van der Waals surface area contributed by atoms with Crippen molar-refractivity contribution in [1.82, 2.24) is 0 Å². The number of nitrogens with one attached hydrogen (secondary N) is 1. The molecule has 6 nitrogen and oxygen atoms in total. The molecule has 0 unspecified atom stereocenters. The number of aromatic carboxylic acids is 1. The monoisotopic (exact) mass is 407 g/mol. The number of hydrogen-bond acceptors (Lipinski definition) is 5. The minimum atomic E-state index is -0.996. The Labute approximate surface area is 176 Å². The van der Waals surface area contributed by atoms with Gasteiger partial charge in [-0.2, -0.15) is 0 Å². The minimum Gasteiger partial charge on any atom is -0.495 e. The van der Waals surface area contributed by atoms with Gasteiger partial charge in [0.2, 0.25) is 0 Å². The number of para-hydroxylation sites is 1. The third kappa shape index (κ3) is 4.84. The summed E-state index contributed by atoms with van der Waals surface area (Å²) in [5.41, 5.74) is 3.90. The van der Waals surface area contributed by atoms with Crippen molar-refractivity contribution >= 4 is 11.7 Å². The third-order valence-corrected chi connectivity index (χ3v) is 4.83. The van der Waals surface area contributed by atoms with Gasteiger partial charge < -0.3 is 24.6 Å². The maximum atomic E-state index is 11.3. The fraction of sp³-hybridized carbons (Fsp3) is 0.208. The zero-order valence-corrected chi connectivity index (χ0v) is 17.3. The molecule has 0 aliphatic rings. The lowest BCUT2D eigenvalue weighted by atomic mass is 10.1. The fourth-order valence-corrected chi connectivity index (χ4v) is 3.12. The summed E-state index contributed by atoms with van der Waals surface area (Å²) in [6.07, 6.45) is 0. The Balaban J connectivity index is 1.84. The number of aryl methyl sites for hydroxylation is 1. The van der Waals surface area contributed by atoms with Gasteiger partial charge in [0.15, 0.2) is 11.5 Å². The van der Waals surface area contributed by atoms with Crippen LogP contribution in [-0.2, 0) is 13.2 Å². The van der Waals surface area contributed by atoms with Crippen molar-refractivity contribution in [2.24, 2.45) is 0 Å². The van der Waals surface area contributed by atoms with Crippen molar-refractivity contribution in [3.63, 3.8) is 0 Å². The summed E-state index contributed by atoms with van der Waals surface area (Å²) in [6, 6.07) is 18.4. The summed E-state index contributed by atoms with van der Waals surface area (Å²) < 4.78 is 17.0. The molecule has 0 atom stereocenters. The summed E-state index contributed by atoms with van der Waals surface area (Å²) in [7, 11) is 3.15. The van der Waals surface area contributed by atoms with Gasteiger partial charge in [-0.25, -0.2) is 4.79 Å². The van der Waals surface area contributed by atoms with Crippen LogP contribution in [0, 0.1) is 6.92 Å². The molecule has 0 saturated heterocycles. The Bertz CT molecular complexity index is 1030. The van der Waals surface area contributed by atoms with Crippen LogP contribution in [-0.4, -0.2) is 25.3 Å². The Morgan fingerprint density at radius 3 is 2.37 bits per heavy atom. The largest absolute Gasteiger partial charge is 0.495 e. The van der Waals surface area contributed by atoms with Gasteiger partial charge in [-0.15, -0.1) is 0 Å². The smallest absolute Gasteiger partial charge is 0.335 e. The molecule has 30 heavy (non-hydrogen) atoms. The summed E-state index contributed by atoms with van der Waals surface area (Å²) >= 11 is 0. The van der Waals surface area contributed by atoms with Gasteiger partial charge in [-0.1, -0.05) is 36.4 Å². The zero-order chi connectivity index (χ0) is 21.5. The zero-order valence-electron chi connectivity index (χ0n) is 17.3. The van der Waals surface area contributed by atoms with Crippen LogP contribution in [0.15, 0.2) is 60.7 Å². The second kappa shape index (κ2) is 9.69. The number of rotatable bonds is 9. The Morgan fingerprint density at radius 1 is 0.933 bits per heavy atom. The van der Waals surface area contributed by atoms with Gasteiger partial charge in [0.05, 0.1) is 25.5 Å². The third-order valence-electron chi connectivity index (χ3n) is 4.83. The maximum Gasteiger partial charge on any atom is 0.335 e. The fourth-order valence-electron chi connectivity index (χ4n) is 3.12. The summed E-state index contributed by atoms with van der Waals surface area (Å²) in [5, 5.41) is 12.5. The second-order valence-corrected chi connectivity index (χ2v) is 6.74. The van der Waals surface area contributed by atoms with Gasteiger partial charge in [-0.05, 0) is 42.3 Å². The molecule has 0 fully saturated rings. The molecule has 0 aliphatic carbocycles. The van der Waals surface area contributed by atoms with Crippen LogP contribution < -0.4 is 19.5 Å². The minimum absolute atomic E-state index is 0.181. The lowest BCUT2D eigenvalue weighted by Crippen LogP contribution is -2.07. The molecule has 0 heterocycles. The Hall–Kier alpha value is -3.67. The van der Waals surface area contributed by atoms with E-state index in [1.807, 2.05) is 49.4 Å². The quantitative estimate of drug-likeness (QED) is 0.525. The highest BCUT2D eigenvalue weighted by molar-refractivity contribution is 5.89. The highest BCUT2D eigenvalue weighted by Gasteiger charge is 2.14. The van der Waals surface area contributed by atoms with Gasteiger partial charge in [0.1, 0.15) is 12.4 Å². The molecule has 3 rings (SSSR count). The van der Waals surface area contributed by atoms with Crippen LogP contribution in [0.25, 0.3) is 0 Å². The van der Waals surface area contributed by atoms with Crippen LogP contribution in [0.4, 0.5) is 5.69 Å². The van der Waals surface area contributed by atoms with Gasteiger partial charge in [0.25, 0.3) is 0 Å². The molecular formula is C24H25NO5. The molecule has 0 bridgehead atoms. The number of methoxy groups -OCH3 is 2. The van der Waals surface area contributed by atoms with E-state index in [2.05, 4.69) is 5.32 Å². The first-order valence-electron chi connectivity index (χ1n) is 9.52. The van der Waals surface area contributed by atoms with E-state index in [9.17, 15) is 9.90 Å². The SMILES string of the molecule is COc1ccc(C(=O)O)cc1NCc1cccc(OC)c1OCc1ccccc1C. The molecular weight excluding hydrogens is 382 g/mol. The number of benzene rings is 3. The van der Waals surface area contributed by atoms with Crippen molar-refractivity contribution in [2.45, 2.75) is 20.1 Å². The van der Waals surface area contributed by atoms with E-state index >= 15 is 0 Å². The standard InChI is InChI=1S/C24H25NO5/c1-16-7-4-5-8-19(16)15-30-23-18(9-6-10-22(23)29-3)14-25-20-13-17(24(26)27)11-12-21(20)28-2/h4-13,25H,14-15H2,1-3H3,(H,26,27). The molecule has 2 N–H and O–H groups in total. The lowest BCUT2D eigenvalue weighted by molar-refractivity contribution is 0.0697. The van der Waals surface area contributed by atoms with Crippen LogP contribution in [0.2, 0.25) is 0 Å². The van der Waals surface area contributed by atoms with E-state index in [1.165, 1.54) is 6.07 Å². The van der Waals surface area contributed by atoms with Crippen LogP contribution in [0.1, 0.15) is 27.0 Å². The second-order valence-electron chi connectivity index (χ2n) is 6.74. The van der Waals surface area contributed by atoms with E-state index < -0.39 is 5.97 Å². The number of carbonyl (C=O) groups is 1. The number of hydrogen-bond donors (Lipinski definition) is 2. The van der Waals surface area contributed by atoms with Crippen LogP contribution >= 0.6 is 0 Å². The average molecular weight is 407 g/mol. The Kier molecular flexibility index (Phi) is 6.80. The predicted molar refractivity (Wildman–Crippen MR) is 116 cm³/mol. The van der Waals surface area contributed by atoms with Gasteiger partial charge in [-0.3, -0.25) is 0 Å². The molecule has 3 aromatic carbocycles. The first-order chi connectivity index (χ1) is 14.5. The molecule has 3 aromatic rings. The molecule has 0 saturated carbocycles. The highest BCUT2D eigenvalue weighted by Crippen LogP contribution is 2.33. The van der Waals surface area contributed by atoms with Crippen molar-refractivity contribution < 1.29 is 24.1 Å². The summed E-state index contributed by atoms with van der Waals surface area (Å²) in [4.78, 5) is 11.3. The lowest BCUT2D eigenvalue weighted by Gasteiger charge is -2.17. The molecule has 0 radical (unpaired) electrons. The number of carboxylic acids is 1. The van der Waals surface area contributed by atoms with Crippen molar-refractivity contribution in [1.29, 1.82) is 0 Å². The number of ether oxygens (including phenoxy) is 3. The first kappa shape index (κ1) is 21.0. The maximum absolute atomic E-state index is 11.3. The predicted octanol–water partition coefficient (Wildman–Crippen LogP) is 4.90. The van der Waals surface area contributed by atoms with E-state index in [4.69, 9.17) is 14.2 Å². The number of anilines is 1. The van der Waals surface area contributed by atoms with E-state index in [1.54, 1.807) is 26.4 Å². The molecule has 0 spiro atoms. The first-order valence-corrected chi connectivity index (χ1v) is 9.52. The molecule has 0 aromatic heterocycles. The van der Waals surface area contributed by atoms with Crippen molar-refractivity contribution in [2.75, 3.05) is 19.5 Å². The molecule has 6 heteroatoms. The van der Waals surface area contributed by atoms with Crippen LogP contribution in [0.5, 0.6) is 17.2 Å². The summed E-state index contributed by atoms with van der Waals surface area (Å²) in [5.74, 6) is 0.841. The Morgan fingerprint density at radius 2 is 1.67 bits per heavy atom. The molecule has 156 valence electrons. The van der Waals surface area contributed by atoms with E-state index in [-0.39, 0.29) is 5.56 Å². The normalized spacial score (nSPS) is 10.4. The average Bonchev–Trinajstić information content (AvgIpc) is 2.76. The highest BCUT2D eigenvalue weighted by atomic mass is 16.5. The van der Waals surface area contributed by atoms with E-state index in [0.717, 1.165) is 16.7 Å². The van der Waals surface area contributed by atoms with Crippen molar-refractivity contribution in [3.8, 4) is 17.2 Å². The van der Waals surface area contributed by atoms with Crippen molar-refractivity contribution in [3.05, 3.63) is 82.9 Å². The number of carboxylic acid groups (broad SMARTS) is 1. The molecule has 0 amide bonds. The topological polar surface area (TPSA) is 77.0 Å². The van der Waals surface area contributed by atoms with Gasteiger partial charge in [0, 0.05) is 12.1 Å². The summed E-state index contributed by atoms with van der Waals surface area (Å²) in [6.45, 7) is 2.86. The van der Waals surface area contributed by atoms with Gasteiger partial charge >= 0.3 is 5.97 Å². The van der Waals surface area contributed by atoms with E-state index in [0.29, 0.717) is 36.1 Å². The molecule has 0 aliphatic heterocycles. The van der Waals surface area contributed by atoms with Crippen LogP contribution in [0.3, 0.4) is 0 Å².